The summed E-state index contributed by atoms with van der Waals surface area (Å²) < 4.78 is 0. The molecule has 0 atom stereocenters. The molecule has 0 saturated carbocycles. The normalized spacial score (nSPS) is 10.7. The summed E-state index contributed by atoms with van der Waals surface area (Å²) >= 11 is 6.25. The summed E-state index contributed by atoms with van der Waals surface area (Å²) in [5.74, 6) is 0. The summed E-state index contributed by atoms with van der Waals surface area (Å²) in [7, 11) is 0. The fourth-order valence-corrected chi connectivity index (χ4v) is 2.64. The molecule has 0 amide bonds. The predicted octanol–water partition coefficient (Wildman–Crippen LogP) is 4.83. The molecule has 0 fully saturated rings. The van der Waals surface area contributed by atoms with Crippen molar-refractivity contribution in [1.29, 1.82) is 5.26 Å². The van der Waals surface area contributed by atoms with Gasteiger partial charge in [-0.2, -0.15) is 5.26 Å². The van der Waals surface area contributed by atoms with Crippen LogP contribution in [-0.2, 0) is 0 Å². The van der Waals surface area contributed by atoms with Gasteiger partial charge in [0.05, 0.1) is 5.56 Å². The van der Waals surface area contributed by atoms with Gasteiger partial charge in [0.1, 0.15) is 6.07 Å². The number of nitriles is 1. The van der Waals surface area contributed by atoms with Crippen LogP contribution in [0.2, 0.25) is 5.02 Å². The number of halogens is 1. The minimum absolute atomic E-state index is 0.692. The fourth-order valence-electron chi connectivity index (χ4n) is 2.43. The third kappa shape index (κ3) is 1.47. The van der Waals surface area contributed by atoms with E-state index >= 15 is 0 Å². The molecule has 0 heterocycles. The molecule has 0 unspecified atom stereocenters. The molecule has 0 spiro atoms. The van der Waals surface area contributed by atoms with E-state index in [1.807, 2.05) is 43.3 Å². The van der Waals surface area contributed by atoms with Crippen molar-refractivity contribution >= 4 is 33.1 Å². The van der Waals surface area contributed by atoms with E-state index in [1.165, 1.54) is 0 Å². The molecule has 3 rings (SSSR count). The predicted molar refractivity (Wildman–Crippen MR) is 75.9 cm³/mol. The third-order valence-corrected chi connectivity index (χ3v) is 3.62. The van der Waals surface area contributed by atoms with Gasteiger partial charge in [0, 0.05) is 21.2 Å². The van der Waals surface area contributed by atoms with Crippen LogP contribution in [0.1, 0.15) is 11.1 Å². The molecule has 0 aliphatic carbocycles. The van der Waals surface area contributed by atoms with Gasteiger partial charge < -0.3 is 0 Å². The molecule has 0 aromatic heterocycles. The van der Waals surface area contributed by atoms with Crippen molar-refractivity contribution in [3.05, 3.63) is 58.6 Å². The van der Waals surface area contributed by atoms with Crippen LogP contribution in [-0.4, -0.2) is 0 Å². The first-order valence-electron chi connectivity index (χ1n) is 5.73. The zero-order valence-corrected chi connectivity index (χ0v) is 10.6. The highest BCUT2D eigenvalue weighted by atomic mass is 35.5. The second-order valence-electron chi connectivity index (χ2n) is 4.37. The Bertz CT molecular complexity index is 813. The second-order valence-corrected chi connectivity index (χ2v) is 4.78. The molecule has 3 aromatic carbocycles. The molecule has 0 saturated heterocycles. The minimum atomic E-state index is 0.692. The molecular weight excluding hydrogens is 242 g/mol. The first-order valence-corrected chi connectivity index (χ1v) is 6.11. The maximum Gasteiger partial charge on any atom is 0.100 e. The van der Waals surface area contributed by atoms with E-state index < -0.39 is 0 Å². The van der Waals surface area contributed by atoms with Crippen LogP contribution in [0.3, 0.4) is 0 Å². The zero-order valence-electron chi connectivity index (χ0n) is 9.87. The molecule has 0 aliphatic heterocycles. The molecule has 0 radical (unpaired) electrons. The Kier molecular flexibility index (Phi) is 2.47. The van der Waals surface area contributed by atoms with E-state index in [1.54, 1.807) is 0 Å². The lowest BCUT2D eigenvalue weighted by atomic mass is 9.95. The van der Waals surface area contributed by atoms with Crippen molar-refractivity contribution in [2.24, 2.45) is 0 Å². The first kappa shape index (κ1) is 11.1. The topological polar surface area (TPSA) is 23.8 Å². The Morgan fingerprint density at radius 1 is 1.06 bits per heavy atom. The molecule has 3 aromatic rings. The maximum atomic E-state index is 9.46. The van der Waals surface area contributed by atoms with E-state index in [4.69, 9.17) is 11.6 Å². The van der Waals surface area contributed by atoms with E-state index in [9.17, 15) is 5.26 Å². The quantitative estimate of drug-likeness (QED) is 0.525. The third-order valence-electron chi connectivity index (χ3n) is 3.29. The number of benzene rings is 3. The average Bonchev–Trinajstić information content (AvgIpc) is 2.41. The molecule has 2 heteroatoms. The monoisotopic (exact) mass is 251 g/mol. The van der Waals surface area contributed by atoms with Gasteiger partial charge in [-0.1, -0.05) is 41.9 Å². The number of fused-ring (bicyclic) bond motifs is 2. The van der Waals surface area contributed by atoms with Crippen LogP contribution in [0.4, 0.5) is 0 Å². The van der Waals surface area contributed by atoms with Crippen LogP contribution < -0.4 is 0 Å². The SMILES string of the molecule is Cc1ccc(Cl)c2cc3ccccc3c(C#N)c12. The lowest BCUT2D eigenvalue weighted by Crippen LogP contribution is -1.88. The highest BCUT2D eigenvalue weighted by Gasteiger charge is 2.11. The molecular formula is C16H10ClN. The van der Waals surface area contributed by atoms with Crippen molar-refractivity contribution in [3.63, 3.8) is 0 Å². The summed E-state index contributed by atoms with van der Waals surface area (Å²) in [6, 6.07) is 16.1. The zero-order chi connectivity index (χ0) is 12.7. The van der Waals surface area contributed by atoms with Crippen molar-refractivity contribution in [2.45, 2.75) is 6.92 Å². The summed E-state index contributed by atoms with van der Waals surface area (Å²) in [5, 5.41) is 14.1. The van der Waals surface area contributed by atoms with Crippen LogP contribution in [0.15, 0.2) is 42.5 Å². The summed E-state index contributed by atoms with van der Waals surface area (Å²) in [6.07, 6.45) is 0. The number of rotatable bonds is 0. The first-order chi connectivity index (χ1) is 8.72. The van der Waals surface area contributed by atoms with Crippen LogP contribution in [0.25, 0.3) is 21.5 Å². The smallest absolute Gasteiger partial charge is 0.100 e. The van der Waals surface area contributed by atoms with Gasteiger partial charge >= 0.3 is 0 Å². The Labute approximate surface area is 110 Å². The van der Waals surface area contributed by atoms with Gasteiger partial charge in [-0.15, -0.1) is 0 Å². The maximum absolute atomic E-state index is 9.46. The van der Waals surface area contributed by atoms with E-state index in [0.717, 1.165) is 27.1 Å². The van der Waals surface area contributed by atoms with Gasteiger partial charge in [0.25, 0.3) is 0 Å². The average molecular weight is 252 g/mol. The molecule has 18 heavy (non-hydrogen) atoms. The van der Waals surface area contributed by atoms with Gasteiger partial charge in [0.2, 0.25) is 0 Å². The van der Waals surface area contributed by atoms with Crippen molar-refractivity contribution in [3.8, 4) is 6.07 Å². The standard InChI is InChI=1S/C16H10ClN/c1-10-6-7-15(17)13-8-11-4-2-3-5-12(11)14(9-18)16(10)13/h2-8H,1H3. The lowest BCUT2D eigenvalue weighted by Gasteiger charge is -2.09. The van der Waals surface area contributed by atoms with E-state index in [-0.39, 0.29) is 0 Å². The fraction of sp³-hybridized carbons (Fsp3) is 0.0625. The molecule has 0 bridgehead atoms. The second kappa shape index (κ2) is 4.01. The van der Waals surface area contributed by atoms with Gasteiger partial charge in [0.15, 0.2) is 0 Å². The van der Waals surface area contributed by atoms with E-state index in [2.05, 4.69) is 12.1 Å². The molecule has 1 nitrogen and oxygen atoms in total. The van der Waals surface area contributed by atoms with Crippen molar-refractivity contribution in [1.82, 2.24) is 0 Å². The highest BCUT2D eigenvalue weighted by Crippen LogP contribution is 2.34. The van der Waals surface area contributed by atoms with Crippen LogP contribution >= 0.6 is 11.6 Å². The molecule has 86 valence electrons. The number of hydrogen-bond donors (Lipinski definition) is 0. The largest absolute Gasteiger partial charge is 0.192 e. The van der Waals surface area contributed by atoms with Crippen molar-refractivity contribution in [2.75, 3.05) is 0 Å². The molecule has 0 N–H and O–H groups in total. The summed E-state index contributed by atoms with van der Waals surface area (Å²) in [4.78, 5) is 0. The minimum Gasteiger partial charge on any atom is -0.192 e. The number of nitrogens with zero attached hydrogens (tertiary/aromatic N) is 1. The highest BCUT2D eigenvalue weighted by molar-refractivity contribution is 6.36. The summed E-state index contributed by atoms with van der Waals surface area (Å²) in [6.45, 7) is 2.01. The van der Waals surface area contributed by atoms with Gasteiger partial charge in [-0.25, -0.2) is 0 Å². The number of hydrogen-bond acceptors (Lipinski definition) is 1. The Hall–Kier alpha value is -2.04. The van der Waals surface area contributed by atoms with Crippen LogP contribution in [0, 0.1) is 18.3 Å². The van der Waals surface area contributed by atoms with Gasteiger partial charge in [-0.3, -0.25) is 0 Å². The van der Waals surface area contributed by atoms with Crippen LogP contribution in [0.5, 0.6) is 0 Å². The Morgan fingerprint density at radius 3 is 2.61 bits per heavy atom. The van der Waals surface area contributed by atoms with E-state index in [0.29, 0.717) is 10.6 Å². The Morgan fingerprint density at radius 2 is 1.83 bits per heavy atom. The van der Waals surface area contributed by atoms with Crippen molar-refractivity contribution < 1.29 is 0 Å². The molecule has 0 aliphatic rings. The number of aryl methyl sites for hydroxylation is 1. The summed E-state index contributed by atoms with van der Waals surface area (Å²) in [5.41, 5.74) is 1.79. The van der Waals surface area contributed by atoms with Gasteiger partial charge in [-0.05, 0) is 30.0 Å². The Balaban J connectivity index is 2.68. The lowest BCUT2D eigenvalue weighted by molar-refractivity contribution is 1.49.